The van der Waals surface area contributed by atoms with Gasteiger partial charge in [-0.2, -0.15) is 5.10 Å². The molecule has 0 aliphatic carbocycles. The number of aromatic nitrogens is 3. The molecule has 0 fully saturated rings. The van der Waals surface area contributed by atoms with Crippen LogP contribution in [0.4, 0.5) is 11.4 Å². The number of pyridine rings is 1. The number of nitrogens with one attached hydrogen (secondary N) is 2. The van der Waals surface area contributed by atoms with Crippen molar-refractivity contribution in [3.8, 4) is 5.75 Å². The number of carbonyl (C=O) groups is 2. The fraction of sp³-hybridized carbons (Fsp3) is 0.176. The molecule has 3 rings (SSSR count). The Hall–Kier alpha value is -3.42. The molecule has 0 radical (unpaired) electrons. The van der Waals surface area contributed by atoms with Crippen molar-refractivity contribution in [2.24, 2.45) is 7.05 Å². The lowest BCUT2D eigenvalue weighted by molar-refractivity contribution is -0.133. The van der Waals surface area contributed by atoms with Gasteiger partial charge in [-0.05, 0) is 25.1 Å². The molecule has 0 aliphatic rings. The molecule has 0 bridgehead atoms. The second-order valence-corrected chi connectivity index (χ2v) is 5.41. The summed E-state index contributed by atoms with van der Waals surface area (Å²) in [5, 5.41) is 10.1. The van der Waals surface area contributed by atoms with Crippen LogP contribution in [-0.4, -0.2) is 33.7 Å². The van der Waals surface area contributed by atoms with E-state index in [1.165, 1.54) is 13.3 Å². The maximum Gasteiger partial charge on any atom is 0.314 e. The summed E-state index contributed by atoms with van der Waals surface area (Å²) in [5.41, 5.74) is 2.33. The number of ether oxygens (including phenoxy) is 1. The Balaban J connectivity index is 1.75. The molecule has 0 unspecified atom stereocenters. The summed E-state index contributed by atoms with van der Waals surface area (Å²) in [6.45, 7) is 1.85. The second-order valence-electron chi connectivity index (χ2n) is 5.41. The number of nitrogens with zero attached hydrogens (tertiary/aromatic N) is 3. The van der Waals surface area contributed by atoms with Gasteiger partial charge in [0.05, 0.1) is 30.4 Å². The van der Waals surface area contributed by atoms with Gasteiger partial charge in [0.25, 0.3) is 0 Å². The first-order valence-corrected chi connectivity index (χ1v) is 7.54. The SMILES string of the molecule is COc1ccccc1NC(=O)C(=O)Nc1cnc2c(c1)c(C)nn2C. The Morgan fingerprint density at radius 1 is 1.16 bits per heavy atom. The Morgan fingerprint density at radius 2 is 1.88 bits per heavy atom. The molecule has 2 aromatic heterocycles. The van der Waals surface area contributed by atoms with Crippen molar-refractivity contribution in [2.75, 3.05) is 17.7 Å². The quantitative estimate of drug-likeness (QED) is 0.710. The molecule has 3 aromatic rings. The predicted octanol–water partition coefficient (Wildman–Crippen LogP) is 1.86. The maximum atomic E-state index is 12.1. The van der Waals surface area contributed by atoms with Gasteiger partial charge < -0.3 is 15.4 Å². The van der Waals surface area contributed by atoms with Gasteiger partial charge >= 0.3 is 11.8 Å². The van der Waals surface area contributed by atoms with Gasteiger partial charge in [-0.1, -0.05) is 12.1 Å². The monoisotopic (exact) mass is 339 g/mol. The third-order valence-electron chi connectivity index (χ3n) is 3.68. The Labute approximate surface area is 143 Å². The molecule has 2 N–H and O–H groups in total. The van der Waals surface area contributed by atoms with Crippen molar-refractivity contribution in [3.63, 3.8) is 0 Å². The third-order valence-corrected chi connectivity index (χ3v) is 3.68. The summed E-state index contributed by atoms with van der Waals surface area (Å²) in [6.07, 6.45) is 1.48. The van der Waals surface area contributed by atoms with E-state index >= 15 is 0 Å². The van der Waals surface area contributed by atoms with E-state index in [-0.39, 0.29) is 0 Å². The number of methoxy groups -OCH3 is 1. The summed E-state index contributed by atoms with van der Waals surface area (Å²) in [5.74, 6) is -1.13. The number of hydrogen-bond donors (Lipinski definition) is 2. The molecule has 0 atom stereocenters. The maximum absolute atomic E-state index is 12.1. The molecule has 0 aliphatic heterocycles. The molecule has 0 spiro atoms. The van der Waals surface area contributed by atoms with Crippen molar-refractivity contribution < 1.29 is 14.3 Å². The zero-order chi connectivity index (χ0) is 18.0. The zero-order valence-electron chi connectivity index (χ0n) is 14.0. The standard InChI is InChI=1S/C17H17N5O3/c1-10-12-8-11(9-18-15(12)22(2)21-10)19-16(23)17(24)20-13-6-4-5-7-14(13)25-3/h4-9H,1-3H3,(H,19,23)(H,20,24). The average molecular weight is 339 g/mol. The van der Waals surface area contributed by atoms with Gasteiger partial charge in [0.1, 0.15) is 5.75 Å². The largest absolute Gasteiger partial charge is 0.495 e. The molecule has 2 heterocycles. The van der Waals surface area contributed by atoms with Gasteiger partial charge in [0.2, 0.25) is 0 Å². The van der Waals surface area contributed by atoms with Crippen LogP contribution in [0.1, 0.15) is 5.69 Å². The minimum Gasteiger partial charge on any atom is -0.495 e. The molecule has 2 amide bonds. The summed E-state index contributed by atoms with van der Waals surface area (Å²) < 4.78 is 6.80. The van der Waals surface area contributed by atoms with Gasteiger partial charge in [-0.15, -0.1) is 0 Å². The van der Waals surface area contributed by atoms with Crippen LogP contribution in [0, 0.1) is 6.92 Å². The molecule has 0 saturated heterocycles. The van der Waals surface area contributed by atoms with Crippen LogP contribution in [0.5, 0.6) is 5.75 Å². The summed E-state index contributed by atoms with van der Waals surface area (Å²) in [6, 6.07) is 8.58. The molecule has 8 nitrogen and oxygen atoms in total. The van der Waals surface area contributed by atoms with Crippen molar-refractivity contribution in [1.82, 2.24) is 14.8 Å². The highest BCUT2D eigenvalue weighted by Crippen LogP contribution is 2.23. The minimum atomic E-state index is -0.799. The predicted molar refractivity (Wildman–Crippen MR) is 93.5 cm³/mol. The smallest absolute Gasteiger partial charge is 0.314 e. The molecule has 8 heteroatoms. The van der Waals surface area contributed by atoms with Crippen molar-refractivity contribution in [1.29, 1.82) is 0 Å². The molecule has 1 aromatic carbocycles. The fourth-order valence-electron chi connectivity index (χ4n) is 2.49. The highest BCUT2D eigenvalue weighted by atomic mass is 16.5. The number of amides is 2. The zero-order valence-corrected chi connectivity index (χ0v) is 14.0. The number of carbonyl (C=O) groups excluding carboxylic acids is 2. The van der Waals surface area contributed by atoms with E-state index in [0.29, 0.717) is 22.8 Å². The normalized spacial score (nSPS) is 10.5. The first kappa shape index (κ1) is 16.4. The highest BCUT2D eigenvalue weighted by Gasteiger charge is 2.17. The van der Waals surface area contributed by atoms with Gasteiger partial charge in [0.15, 0.2) is 5.65 Å². The van der Waals surface area contributed by atoms with E-state index in [0.717, 1.165) is 11.1 Å². The number of rotatable bonds is 3. The van der Waals surface area contributed by atoms with Gasteiger partial charge in [-0.3, -0.25) is 14.3 Å². The number of aryl methyl sites for hydroxylation is 2. The number of hydrogen-bond acceptors (Lipinski definition) is 5. The molecule has 25 heavy (non-hydrogen) atoms. The summed E-state index contributed by atoms with van der Waals surface area (Å²) in [4.78, 5) is 28.5. The molecular formula is C17H17N5O3. The van der Waals surface area contributed by atoms with Crippen LogP contribution in [0.3, 0.4) is 0 Å². The van der Waals surface area contributed by atoms with Gasteiger partial charge in [0, 0.05) is 12.4 Å². The van der Waals surface area contributed by atoms with Crippen LogP contribution in [0.2, 0.25) is 0 Å². The Morgan fingerprint density at radius 3 is 2.64 bits per heavy atom. The number of para-hydroxylation sites is 2. The average Bonchev–Trinajstić information content (AvgIpc) is 2.89. The lowest BCUT2D eigenvalue weighted by atomic mass is 10.2. The summed E-state index contributed by atoms with van der Waals surface area (Å²) >= 11 is 0. The van der Waals surface area contributed by atoms with E-state index in [9.17, 15) is 9.59 Å². The molecule has 0 saturated carbocycles. The van der Waals surface area contributed by atoms with E-state index in [1.807, 2.05) is 6.92 Å². The topological polar surface area (TPSA) is 98.1 Å². The minimum absolute atomic E-state index is 0.418. The molecular weight excluding hydrogens is 322 g/mol. The lowest BCUT2D eigenvalue weighted by Gasteiger charge is -2.10. The summed E-state index contributed by atoms with van der Waals surface area (Å²) in [7, 11) is 3.28. The lowest BCUT2D eigenvalue weighted by Crippen LogP contribution is -2.29. The number of anilines is 2. The van der Waals surface area contributed by atoms with Crippen LogP contribution in [0.15, 0.2) is 36.5 Å². The third kappa shape index (κ3) is 3.27. The fourth-order valence-corrected chi connectivity index (χ4v) is 2.49. The highest BCUT2D eigenvalue weighted by molar-refractivity contribution is 6.43. The van der Waals surface area contributed by atoms with Crippen molar-refractivity contribution in [2.45, 2.75) is 6.92 Å². The van der Waals surface area contributed by atoms with Crippen LogP contribution in [0.25, 0.3) is 11.0 Å². The van der Waals surface area contributed by atoms with Crippen molar-refractivity contribution in [3.05, 3.63) is 42.2 Å². The second kappa shape index (κ2) is 6.60. The van der Waals surface area contributed by atoms with E-state index in [2.05, 4.69) is 20.7 Å². The van der Waals surface area contributed by atoms with Crippen LogP contribution < -0.4 is 15.4 Å². The first-order chi connectivity index (χ1) is 12.0. The van der Waals surface area contributed by atoms with Crippen molar-refractivity contribution >= 4 is 34.2 Å². The number of fused-ring (bicyclic) bond motifs is 1. The van der Waals surface area contributed by atoms with E-state index in [4.69, 9.17) is 4.74 Å². The number of benzene rings is 1. The van der Waals surface area contributed by atoms with E-state index in [1.54, 1.807) is 42.1 Å². The van der Waals surface area contributed by atoms with Crippen LogP contribution >= 0.6 is 0 Å². The first-order valence-electron chi connectivity index (χ1n) is 7.54. The molecule has 128 valence electrons. The van der Waals surface area contributed by atoms with E-state index < -0.39 is 11.8 Å². The Kier molecular flexibility index (Phi) is 4.34. The van der Waals surface area contributed by atoms with Gasteiger partial charge in [-0.25, -0.2) is 4.98 Å². The van der Waals surface area contributed by atoms with Crippen LogP contribution in [-0.2, 0) is 16.6 Å². The Bertz CT molecular complexity index is 964.